The van der Waals surface area contributed by atoms with Crippen molar-refractivity contribution >= 4 is 40.1 Å². The quantitative estimate of drug-likeness (QED) is 0.391. The van der Waals surface area contributed by atoms with E-state index in [0.717, 1.165) is 9.14 Å². The van der Waals surface area contributed by atoms with Crippen molar-refractivity contribution in [2.24, 2.45) is 5.92 Å². The van der Waals surface area contributed by atoms with Crippen LogP contribution in [0.1, 0.15) is 32.7 Å². The number of nitrogen functional groups attached to an aromatic ring is 1. The Labute approximate surface area is 170 Å². The lowest BCUT2D eigenvalue weighted by Gasteiger charge is -2.14. The lowest BCUT2D eigenvalue weighted by molar-refractivity contribution is 0.0537. The number of halogens is 1. The van der Waals surface area contributed by atoms with Crippen molar-refractivity contribution in [1.29, 1.82) is 0 Å². The van der Waals surface area contributed by atoms with Crippen molar-refractivity contribution in [1.82, 2.24) is 15.3 Å². The van der Waals surface area contributed by atoms with Gasteiger partial charge < -0.3 is 5.73 Å². The van der Waals surface area contributed by atoms with Crippen LogP contribution in [0.4, 0.5) is 5.82 Å². The van der Waals surface area contributed by atoms with Crippen molar-refractivity contribution < 1.29 is 14.4 Å². The van der Waals surface area contributed by atoms with Crippen LogP contribution >= 0.6 is 22.6 Å². The smallest absolute Gasteiger partial charge is 0.274 e. The maximum atomic E-state index is 12.9. The van der Waals surface area contributed by atoms with E-state index in [-0.39, 0.29) is 23.4 Å². The van der Waals surface area contributed by atoms with Gasteiger partial charge in [-0.1, -0.05) is 24.3 Å². The van der Waals surface area contributed by atoms with Gasteiger partial charge >= 0.3 is 0 Å². The number of carbonyl (C=O) groups excluding carboxylic acids is 2. The van der Waals surface area contributed by atoms with E-state index in [1.807, 2.05) is 25.2 Å². The molecule has 2 aromatic rings. The van der Waals surface area contributed by atoms with Crippen molar-refractivity contribution in [2.75, 3.05) is 12.8 Å². The van der Waals surface area contributed by atoms with Crippen LogP contribution < -0.4 is 11.2 Å². The van der Waals surface area contributed by atoms with Crippen LogP contribution in [0.15, 0.2) is 46.2 Å². The Balaban J connectivity index is 1.96. The molecular weight excluding hydrogens is 459 g/mol. The SMILES string of the molecule is CONC(=O)c1ccc(C)c(-n2ncc(C(=O)C3C=C(I)C=CC3)c2N)c1. The first kappa shape index (κ1) is 19.3. The molecule has 1 aliphatic carbocycles. The zero-order chi connectivity index (χ0) is 19.6. The molecule has 8 heteroatoms. The highest BCUT2D eigenvalue weighted by atomic mass is 127. The molecule has 1 heterocycles. The number of rotatable bonds is 5. The number of nitrogens with two attached hydrogens (primary N) is 1. The van der Waals surface area contributed by atoms with E-state index in [1.54, 1.807) is 18.2 Å². The predicted molar refractivity (Wildman–Crippen MR) is 111 cm³/mol. The largest absolute Gasteiger partial charge is 0.383 e. The molecule has 7 nitrogen and oxygen atoms in total. The van der Waals surface area contributed by atoms with Crippen molar-refractivity contribution in [3.8, 4) is 5.69 Å². The third kappa shape index (κ3) is 3.96. The highest BCUT2D eigenvalue weighted by Gasteiger charge is 2.24. The number of Topliss-reactive ketones (excluding diaryl/α,β-unsaturated/α-hetero) is 1. The van der Waals surface area contributed by atoms with Gasteiger partial charge in [0.15, 0.2) is 5.78 Å². The molecule has 0 radical (unpaired) electrons. The number of anilines is 1. The van der Waals surface area contributed by atoms with Crippen LogP contribution in [-0.4, -0.2) is 28.6 Å². The summed E-state index contributed by atoms with van der Waals surface area (Å²) in [7, 11) is 1.37. The number of hydrogen-bond acceptors (Lipinski definition) is 5. The fraction of sp³-hybridized carbons (Fsp3) is 0.211. The summed E-state index contributed by atoms with van der Waals surface area (Å²) < 4.78 is 2.51. The maximum Gasteiger partial charge on any atom is 0.274 e. The number of aromatic nitrogens is 2. The van der Waals surface area contributed by atoms with Crippen molar-refractivity contribution in [2.45, 2.75) is 13.3 Å². The molecule has 0 saturated heterocycles. The van der Waals surface area contributed by atoms with E-state index in [2.05, 4.69) is 38.0 Å². The van der Waals surface area contributed by atoms with Gasteiger partial charge in [0.25, 0.3) is 5.91 Å². The van der Waals surface area contributed by atoms with E-state index < -0.39 is 0 Å². The minimum Gasteiger partial charge on any atom is -0.383 e. The van der Waals surface area contributed by atoms with Crippen LogP contribution in [0.2, 0.25) is 0 Å². The summed E-state index contributed by atoms with van der Waals surface area (Å²) >= 11 is 2.19. The number of benzene rings is 1. The minimum atomic E-state index is -0.380. The van der Waals surface area contributed by atoms with Crippen LogP contribution in [0, 0.1) is 12.8 Å². The molecule has 1 unspecified atom stereocenters. The van der Waals surface area contributed by atoms with Crippen LogP contribution in [-0.2, 0) is 4.84 Å². The van der Waals surface area contributed by atoms with Crippen molar-refractivity contribution in [3.05, 3.63) is 62.9 Å². The number of allylic oxidation sites excluding steroid dienone is 4. The van der Waals surface area contributed by atoms with Gasteiger partial charge in [-0.25, -0.2) is 10.2 Å². The van der Waals surface area contributed by atoms with Gasteiger partial charge in [-0.3, -0.25) is 14.4 Å². The second-order valence-electron chi connectivity index (χ2n) is 6.15. The summed E-state index contributed by atoms with van der Waals surface area (Å²) in [6, 6.07) is 5.13. The van der Waals surface area contributed by atoms with E-state index in [0.29, 0.717) is 23.2 Å². The Kier molecular flexibility index (Phi) is 5.76. The fourth-order valence-electron chi connectivity index (χ4n) is 2.90. The molecule has 0 bridgehead atoms. The molecule has 0 spiro atoms. The van der Waals surface area contributed by atoms with Gasteiger partial charge in [0.05, 0.1) is 24.6 Å². The Bertz CT molecular complexity index is 962. The second kappa shape index (κ2) is 8.05. The van der Waals surface area contributed by atoms with Gasteiger partial charge in [0.2, 0.25) is 0 Å². The second-order valence-corrected chi connectivity index (χ2v) is 7.40. The van der Waals surface area contributed by atoms with E-state index in [1.165, 1.54) is 18.0 Å². The zero-order valence-corrected chi connectivity index (χ0v) is 17.1. The number of ketones is 1. The number of nitrogens with one attached hydrogen (secondary N) is 1. The normalized spacial score (nSPS) is 16.1. The Morgan fingerprint density at radius 2 is 2.19 bits per heavy atom. The molecular formula is C19H19IN4O3. The Morgan fingerprint density at radius 1 is 1.41 bits per heavy atom. The topological polar surface area (TPSA) is 99.2 Å². The van der Waals surface area contributed by atoms with Crippen molar-refractivity contribution in [3.63, 3.8) is 0 Å². The third-order valence-electron chi connectivity index (χ3n) is 4.33. The summed E-state index contributed by atoms with van der Waals surface area (Å²) in [6.07, 6.45) is 8.02. The molecule has 140 valence electrons. The predicted octanol–water partition coefficient (Wildman–Crippen LogP) is 3.13. The first-order valence-corrected chi connectivity index (χ1v) is 9.36. The third-order valence-corrected chi connectivity index (χ3v) is 5.05. The molecule has 0 aliphatic heterocycles. The molecule has 27 heavy (non-hydrogen) atoms. The van der Waals surface area contributed by atoms with Gasteiger partial charge in [0, 0.05) is 15.1 Å². The molecule has 0 fully saturated rings. The minimum absolute atomic E-state index is 0.0665. The van der Waals surface area contributed by atoms with Gasteiger partial charge in [0.1, 0.15) is 5.82 Å². The summed E-state index contributed by atoms with van der Waals surface area (Å²) in [5.41, 5.74) is 10.8. The highest BCUT2D eigenvalue weighted by Crippen LogP contribution is 2.28. The van der Waals surface area contributed by atoms with E-state index in [9.17, 15) is 9.59 Å². The Hall–Kier alpha value is -2.46. The van der Waals surface area contributed by atoms with Crippen LogP contribution in [0.3, 0.4) is 0 Å². The van der Waals surface area contributed by atoms with Gasteiger partial charge in [-0.15, -0.1) is 0 Å². The molecule has 1 atom stereocenters. The van der Waals surface area contributed by atoms with E-state index >= 15 is 0 Å². The maximum absolute atomic E-state index is 12.9. The average Bonchev–Trinajstić information content (AvgIpc) is 3.03. The number of hydroxylamine groups is 1. The first-order chi connectivity index (χ1) is 12.9. The highest BCUT2D eigenvalue weighted by molar-refractivity contribution is 14.1. The molecule has 1 aliphatic rings. The van der Waals surface area contributed by atoms with Crippen LogP contribution in [0.5, 0.6) is 0 Å². The molecule has 0 saturated carbocycles. The zero-order valence-electron chi connectivity index (χ0n) is 14.9. The summed E-state index contributed by atoms with van der Waals surface area (Å²) in [5, 5.41) is 4.30. The van der Waals surface area contributed by atoms with Gasteiger partial charge in [-0.05, 0) is 53.6 Å². The molecule has 1 aromatic carbocycles. The molecule has 3 N–H and O–H groups in total. The summed E-state index contributed by atoms with van der Waals surface area (Å²) in [4.78, 5) is 29.5. The molecule has 3 rings (SSSR count). The lowest BCUT2D eigenvalue weighted by Crippen LogP contribution is -2.22. The summed E-state index contributed by atoms with van der Waals surface area (Å²) in [5.74, 6) is -0.440. The number of aryl methyl sites for hydroxylation is 1. The standard InChI is InChI=1S/C19H19IN4O3/c1-11-6-7-13(19(26)23-27-2)9-16(11)24-18(21)15(10-22-24)17(25)12-4-3-5-14(20)8-12/h3,5-10,12H,4,21H2,1-2H3,(H,23,26). The first-order valence-electron chi connectivity index (χ1n) is 8.28. The summed E-state index contributed by atoms with van der Waals surface area (Å²) in [6.45, 7) is 1.88. The number of nitrogens with zero attached hydrogens (tertiary/aromatic N) is 2. The number of hydrogen-bond donors (Lipinski definition) is 2. The molecule has 1 aromatic heterocycles. The van der Waals surface area contributed by atoms with Gasteiger partial charge in [-0.2, -0.15) is 5.10 Å². The monoisotopic (exact) mass is 478 g/mol. The van der Waals surface area contributed by atoms with Crippen LogP contribution in [0.25, 0.3) is 5.69 Å². The Morgan fingerprint density at radius 3 is 2.89 bits per heavy atom. The average molecular weight is 478 g/mol. The lowest BCUT2D eigenvalue weighted by atomic mass is 9.93. The van der Waals surface area contributed by atoms with E-state index in [4.69, 9.17) is 5.73 Å². The number of amides is 1. The number of carbonyl (C=O) groups is 2. The fourth-order valence-corrected chi connectivity index (χ4v) is 3.58. The molecule has 1 amide bonds.